The molecule has 0 N–H and O–H groups in total. The Hall–Kier alpha value is -3.46. The molecule has 0 atom stereocenters. The van der Waals surface area contributed by atoms with Crippen molar-refractivity contribution in [1.29, 1.82) is 0 Å². The highest BCUT2D eigenvalue weighted by Crippen LogP contribution is 2.70. The van der Waals surface area contributed by atoms with Gasteiger partial charge in [0, 0.05) is 54.3 Å². The molecule has 0 saturated carbocycles. The molecule has 4 aromatic rings. The van der Waals surface area contributed by atoms with Crippen LogP contribution in [0.4, 0.5) is 11.4 Å². The summed E-state index contributed by atoms with van der Waals surface area (Å²) in [6.45, 7) is 5.97. The molecule has 212 valence electrons. The van der Waals surface area contributed by atoms with Gasteiger partial charge in [0.15, 0.2) is 0 Å². The van der Waals surface area contributed by atoms with Gasteiger partial charge in [-0.15, -0.1) is 0 Å². The van der Waals surface area contributed by atoms with Crippen LogP contribution >= 0.6 is 10.3 Å². The highest BCUT2D eigenvalue weighted by molar-refractivity contribution is 8.33. The van der Waals surface area contributed by atoms with Crippen LogP contribution in [0.3, 0.4) is 0 Å². The van der Waals surface area contributed by atoms with E-state index >= 15 is 0 Å². The standard InChI is InChI=1S/C32H38N2O4S2/c1-32(2,3)37-27-17-23-30(24-18-27)39(28-19-13-25(14-20-28)33(4)5,29-21-15-26(16-22-29)34(6)7)38-40(35,36)31-11-9-8-10-12-31/h8-24H,1-7H3. The van der Waals surface area contributed by atoms with E-state index < -0.39 is 20.4 Å². The van der Waals surface area contributed by atoms with Crippen molar-refractivity contribution in [3.63, 3.8) is 0 Å². The highest BCUT2D eigenvalue weighted by atomic mass is 32.3. The fourth-order valence-corrected chi connectivity index (χ4v) is 9.41. The van der Waals surface area contributed by atoms with E-state index in [1.807, 2.05) is 132 Å². The van der Waals surface area contributed by atoms with E-state index in [0.29, 0.717) is 5.75 Å². The molecule has 4 aromatic carbocycles. The van der Waals surface area contributed by atoms with E-state index in [2.05, 4.69) is 0 Å². The largest absolute Gasteiger partial charge is 0.488 e. The van der Waals surface area contributed by atoms with Gasteiger partial charge in [0.1, 0.15) is 11.4 Å². The minimum Gasteiger partial charge on any atom is -0.488 e. The molecule has 0 aliphatic rings. The topological polar surface area (TPSA) is 59.1 Å². The lowest BCUT2D eigenvalue weighted by molar-refractivity contribution is 0.131. The fraction of sp³-hybridized carbons (Fsp3) is 0.250. The van der Waals surface area contributed by atoms with Gasteiger partial charge in [0.25, 0.3) is 0 Å². The predicted molar refractivity (Wildman–Crippen MR) is 165 cm³/mol. The predicted octanol–water partition coefficient (Wildman–Crippen LogP) is 7.60. The SMILES string of the molecule is CN(C)c1ccc(S(OS(=O)(=O)c2ccccc2)(c2ccc(OC(C)(C)C)cc2)c2ccc(N(C)C)cc2)cc1. The van der Waals surface area contributed by atoms with Crippen LogP contribution in [-0.4, -0.2) is 42.2 Å². The summed E-state index contributed by atoms with van der Waals surface area (Å²) in [5, 5.41) is 0. The van der Waals surface area contributed by atoms with Gasteiger partial charge in [-0.05, 0) is 116 Å². The Labute approximate surface area is 240 Å². The van der Waals surface area contributed by atoms with Crippen molar-refractivity contribution in [1.82, 2.24) is 0 Å². The first-order valence-corrected chi connectivity index (χ1v) is 16.0. The van der Waals surface area contributed by atoms with Gasteiger partial charge < -0.3 is 14.5 Å². The summed E-state index contributed by atoms with van der Waals surface area (Å²) in [4.78, 5) is 6.39. The lowest BCUT2D eigenvalue weighted by atomic mass is 10.2. The molecular weight excluding hydrogens is 540 g/mol. The second-order valence-electron chi connectivity index (χ2n) is 10.9. The van der Waals surface area contributed by atoms with Crippen molar-refractivity contribution in [2.45, 2.75) is 46.0 Å². The van der Waals surface area contributed by atoms with Crippen molar-refractivity contribution in [2.75, 3.05) is 38.0 Å². The zero-order valence-corrected chi connectivity index (χ0v) is 25.8. The Kier molecular flexibility index (Phi) is 8.54. The molecule has 4 rings (SSSR count). The molecule has 0 aliphatic heterocycles. The smallest absolute Gasteiger partial charge is 0.307 e. The molecule has 0 aliphatic carbocycles. The summed E-state index contributed by atoms with van der Waals surface area (Å²) in [6, 6.07) is 31.7. The fourth-order valence-electron chi connectivity index (χ4n) is 4.21. The first kappa shape index (κ1) is 29.5. The van der Waals surface area contributed by atoms with Crippen LogP contribution in [0.5, 0.6) is 5.75 Å². The van der Waals surface area contributed by atoms with Gasteiger partial charge in [-0.2, -0.15) is 8.42 Å². The third-order valence-corrected chi connectivity index (χ3v) is 11.4. The zero-order valence-electron chi connectivity index (χ0n) is 24.2. The van der Waals surface area contributed by atoms with Crippen molar-refractivity contribution in [3.05, 3.63) is 103 Å². The Morgan fingerprint density at radius 3 is 1.32 bits per heavy atom. The molecule has 8 heteroatoms. The minimum atomic E-state index is -4.17. The van der Waals surface area contributed by atoms with Crippen molar-refractivity contribution in [2.24, 2.45) is 0 Å². The third-order valence-electron chi connectivity index (χ3n) is 6.17. The second kappa shape index (κ2) is 11.6. The van der Waals surface area contributed by atoms with Crippen molar-refractivity contribution >= 4 is 31.8 Å². The molecular formula is C32H38N2O4S2. The molecule has 0 amide bonds. The van der Waals surface area contributed by atoms with Crippen molar-refractivity contribution in [3.8, 4) is 5.75 Å². The maximum Gasteiger partial charge on any atom is 0.307 e. The highest BCUT2D eigenvalue weighted by Gasteiger charge is 2.38. The van der Waals surface area contributed by atoms with Crippen LogP contribution in [0.25, 0.3) is 0 Å². The molecule has 0 radical (unpaired) electrons. The summed E-state index contributed by atoms with van der Waals surface area (Å²) in [6.07, 6.45) is 0. The second-order valence-corrected chi connectivity index (χ2v) is 15.3. The first-order valence-electron chi connectivity index (χ1n) is 13.0. The number of hydrogen-bond acceptors (Lipinski definition) is 6. The lowest BCUT2D eigenvalue weighted by Crippen LogP contribution is -2.22. The molecule has 0 heterocycles. The molecule has 0 saturated heterocycles. The minimum absolute atomic E-state index is 0.106. The molecule has 6 nitrogen and oxygen atoms in total. The summed E-state index contributed by atoms with van der Waals surface area (Å²) in [5.74, 6) is 0.696. The van der Waals surface area contributed by atoms with E-state index in [0.717, 1.165) is 26.1 Å². The monoisotopic (exact) mass is 578 g/mol. The van der Waals surface area contributed by atoms with Gasteiger partial charge in [-0.25, -0.2) is 3.63 Å². The van der Waals surface area contributed by atoms with E-state index in [4.69, 9.17) is 8.37 Å². The Bertz CT molecular complexity index is 1460. The molecule has 0 bridgehead atoms. The number of ether oxygens (including phenoxy) is 1. The lowest BCUT2D eigenvalue weighted by Gasteiger charge is -2.40. The van der Waals surface area contributed by atoms with Gasteiger partial charge in [-0.1, -0.05) is 18.2 Å². The maximum atomic E-state index is 13.9. The number of anilines is 2. The van der Waals surface area contributed by atoms with Gasteiger partial charge in [0.05, 0.1) is 4.90 Å². The van der Waals surface area contributed by atoms with E-state index in [9.17, 15) is 8.42 Å². The molecule has 0 aromatic heterocycles. The quantitative estimate of drug-likeness (QED) is 0.204. The Morgan fingerprint density at radius 1 is 0.550 bits per heavy atom. The number of benzene rings is 4. The average Bonchev–Trinajstić information content (AvgIpc) is 2.92. The Morgan fingerprint density at radius 2 is 0.950 bits per heavy atom. The third kappa shape index (κ3) is 6.46. The van der Waals surface area contributed by atoms with Crippen molar-refractivity contribution < 1.29 is 16.8 Å². The van der Waals surface area contributed by atoms with E-state index in [1.165, 1.54) is 0 Å². The molecule has 0 spiro atoms. The van der Waals surface area contributed by atoms with Crippen LogP contribution in [0.1, 0.15) is 20.8 Å². The van der Waals surface area contributed by atoms with Crippen LogP contribution in [0.2, 0.25) is 0 Å². The van der Waals surface area contributed by atoms with Crippen LogP contribution in [0, 0.1) is 0 Å². The normalized spacial score (nSPS) is 12.6. The number of rotatable bonds is 9. The van der Waals surface area contributed by atoms with E-state index in [-0.39, 0.29) is 10.5 Å². The van der Waals surface area contributed by atoms with Gasteiger partial charge >= 0.3 is 10.1 Å². The zero-order chi connectivity index (χ0) is 29.1. The number of nitrogens with zero attached hydrogens (tertiary/aromatic N) is 2. The number of hydrogen-bond donors (Lipinski definition) is 0. The summed E-state index contributed by atoms with van der Waals surface area (Å²) < 4.78 is 40.4. The maximum absolute atomic E-state index is 13.9. The summed E-state index contributed by atoms with van der Waals surface area (Å²) in [5.41, 5.74) is 1.63. The van der Waals surface area contributed by atoms with Crippen LogP contribution in [0.15, 0.2) is 123 Å². The molecule has 0 fully saturated rings. The van der Waals surface area contributed by atoms with Crippen LogP contribution < -0.4 is 14.5 Å². The molecule has 0 unspecified atom stereocenters. The van der Waals surface area contributed by atoms with Crippen LogP contribution in [-0.2, 0) is 13.7 Å². The van der Waals surface area contributed by atoms with Gasteiger partial charge in [0.2, 0.25) is 0 Å². The average molecular weight is 579 g/mol. The van der Waals surface area contributed by atoms with E-state index in [1.54, 1.807) is 30.3 Å². The Balaban J connectivity index is 2.00. The summed E-state index contributed by atoms with van der Waals surface area (Å²) >= 11 is 0. The van der Waals surface area contributed by atoms with Gasteiger partial charge in [-0.3, -0.25) is 0 Å². The summed E-state index contributed by atoms with van der Waals surface area (Å²) in [7, 11) is 0.953. The first-order chi connectivity index (χ1) is 18.8. The molecule has 40 heavy (non-hydrogen) atoms.